The Bertz CT molecular complexity index is 1090. The summed E-state index contributed by atoms with van der Waals surface area (Å²) in [5, 5.41) is 0.681. The van der Waals surface area contributed by atoms with Crippen molar-refractivity contribution in [3.63, 3.8) is 0 Å². The number of aromatic amines is 1. The first-order chi connectivity index (χ1) is 14.1. The second-order valence-corrected chi connectivity index (χ2v) is 9.75. The third kappa shape index (κ3) is 3.39. The highest BCUT2D eigenvalue weighted by atomic mass is 32.1. The molecule has 1 fully saturated rings. The normalized spacial score (nSPS) is 22.3. The van der Waals surface area contributed by atoms with E-state index in [4.69, 9.17) is 0 Å². The number of carbonyl (C=O) groups excluding carboxylic acids is 1. The number of aromatic nitrogens is 2. The third-order valence-electron chi connectivity index (χ3n) is 6.77. The highest BCUT2D eigenvalue weighted by Crippen LogP contribution is 2.33. The summed E-state index contributed by atoms with van der Waals surface area (Å²) >= 11 is 1.47. The number of fused-ring (bicyclic) bond motifs is 3. The molecule has 1 saturated carbocycles. The molecule has 0 radical (unpaired) electrons. The molecule has 0 saturated heterocycles. The molecule has 1 unspecified atom stereocenters. The average Bonchev–Trinajstić information content (AvgIpc) is 3.35. The molecule has 0 aromatic carbocycles. The van der Waals surface area contributed by atoms with Gasteiger partial charge < -0.3 is 4.90 Å². The predicted octanol–water partition coefficient (Wildman–Crippen LogP) is 3.50. The van der Waals surface area contributed by atoms with Crippen molar-refractivity contribution in [2.45, 2.75) is 70.4 Å². The zero-order valence-electron chi connectivity index (χ0n) is 16.6. The van der Waals surface area contributed by atoms with Crippen LogP contribution in [-0.2, 0) is 17.8 Å². The van der Waals surface area contributed by atoms with Gasteiger partial charge in [-0.1, -0.05) is 31.4 Å². The van der Waals surface area contributed by atoms with Crippen LogP contribution in [0.5, 0.6) is 0 Å². The number of H-pyrrole nitrogens is 1. The smallest absolute Gasteiger partial charge is 0.329 e. The zero-order chi connectivity index (χ0) is 20.0. The van der Waals surface area contributed by atoms with Crippen molar-refractivity contribution < 1.29 is 4.79 Å². The van der Waals surface area contributed by atoms with Crippen molar-refractivity contribution in [3.05, 3.63) is 43.4 Å². The largest absolute Gasteiger partial charge is 0.337 e. The number of rotatable bonds is 3. The highest BCUT2D eigenvalue weighted by Gasteiger charge is 2.29. The van der Waals surface area contributed by atoms with Gasteiger partial charge in [0.25, 0.3) is 5.56 Å². The van der Waals surface area contributed by atoms with Crippen LogP contribution in [0.15, 0.2) is 21.7 Å². The molecule has 2 aromatic rings. The van der Waals surface area contributed by atoms with Crippen LogP contribution in [0.1, 0.15) is 67.8 Å². The monoisotopic (exact) mass is 413 g/mol. The number of nitrogens with zero attached hydrogens (tertiary/aromatic N) is 2. The van der Waals surface area contributed by atoms with Crippen LogP contribution < -0.4 is 11.2 Å². The summed E-state index contributed by atoms with van der Waals surface area (Å²) in [6, 6.07) is 0.0149. The SMILES string of the molecule is O=C(CC1C=CCC1)N1CCc2c(sc3[nH]c(=O)n(C4CCCCC4)c(=O)c23)C1. The van der Waals surface area contributed by atoms with Crippen molar-refractivity contribution >= 4 is 27.5 Å². The van der Waals surface area contributed by atoms with Gasteiger partial charge in [-0.15, -0.1) is 11.3 Å². The van der Waals surface area contributed by atoms with E-state index < -0.39 is 0 Å². The van der Waals surface area contributed by atoms with Gasteiger partial charge in [0.05, 0.1) is 11.9 Å². The molecule has 2 aromatic heterocycles. The molecule has 29 heavy (non-hydrogen) atoms. The number of carbonyl (C=O) groups is 1. The van der Waals surface area contributed by atoms with Gasteiger partial charge >= 0.3 is 5.69 Å². The number of thiophene rings is 1. The maximum atomic E-state index is 13.3. The summed E-state index contributed by atoms with van der Waals surface area (Å²) in [5.41, 5.74) is 0.624. The minimum atomic E-state index is -0.283. The molecule has 1 atom stereocenters. The van der Waals surface area contributed by atoms with Crippen LogP contribution in [0, 0.1) is 5.92 Å². The molecule has 0 bridgehead atoms. The fourth-order valence-electron chi connectivity index (χ4n) is 5.19. The lowest BCUT2D eigenvalue weighted by Gasteiger charge is -2.28. The third-order valence-corrected chi connectivity index (χ3v) is 7.90. The Balaban J connectivity index is 1.45. The van der Waals surface area contributed by atoms with Gasteiger partial charge in [0.1, 0.15) is 4.83 Å². The summed E-state index contributed by atoms with van der Waals surface area (Å²) in [5.74, 6) is 0.558. The Hall–Kier alpha value is -2.15. The van der Waals surface area contributed by atoms with E-state index in [9.17, 15) is 14.4 Å². The van der Waals surface area contributed by atoms with Gasteiger partial charge in [-0.2, -0.15) is 0 Å². The van der Waals surface area contributed by atoms with E-state index in [0.29, 0.717) is 42.1 Å². The van der Waals surface area contributed by atoms with Gasteiger partial charge in [-0.3, -0.25) is 19.1 Å². The average molecular weight is 414 g/mol. The fraction of sp³-hybridized carbons (Fsp3) is 0.591. The Kier molecular flexibility index (Phi) is 4.94. The van der Waals surface area contributed by atoms with Crippen LogP contribution in [0.2, 0.25) is 0 Å². The molecule has 6 nitrogen and oxygen atoms in total. The summed E-state index contributed by atoms with van der Waals surface area (Å²) in [6.07, 6.45) is 12.8. The lowest BCUT2D eigenvalue weighted by atomic mass is 9.95. The number of hydrogen-bond acceptors (Lipinski definition) is 4. The zero-order valence-corrected chi connectivity index (χ0v) is 17.4. The maximum absolute atomic E-state index is 13.3. The van der Waals surface area contributed by atoms with Crippen molar-refractivity contribution in [1.82, 2.24) is 14.5 Å². The molecule has 0 spiro atoms. The van der Waals surface area contributed by atoms with E-state index in [0.717, 1.165) is 49.0 Å². The van der Waals surface area contributed by atoms with Gasteiger partial charge in [-0.25, -0.2) is 4.79 Å². The Morgan fingerprint density at radius 1 is 1.17 bits per heavy atom. The van der Waals surface area contributed by atoms with Gasteiger partial charge in [0, 0.05) is 23.9 Å². The van der Waals surface area contributed by atoms with Gasteiger partial charge in [-0.05, 0) is 43.6 Å². The van der Waals surface area contributed by atoms with Crippen LogP contribution in [0.3, 0.4) is 0 Å². The Morgan fingerprint density at radius 3 is 2.76 bits per heavy atom. The number of amides is 1. The summed E-state index contributed by atoms with van der Waals surface area (Å²) in [4.78, 5) is 45.3. The molecule has 7 heteroatoms. The maximum Gasteiger partial charge on any atom is 0.329 e. The van der Waals surface area contributed by atoms with Crippen molar-refractivity contribution in [2.24, 2.45) is 5.92 Å². The molecular weight excluding hydrogens is 386 g/mol. The minimum Gasteiger partial charge on any atom is -0.337 e. The van der Waals surface area contributed by atoms with Crippen LogP contribution in [-0.4, -0.2) is 26.9 Å². The molecule has 1 N–H and O–H groups in total. The van der Waals surface area contributed by atoms with E-state index in [2.05, 4.69) is 17.1 Å². The van der Waals surface area contributed by atoms with Crippen molar-refractivity contribution in [1.29, 1.82) is 0 Å². The lowest BCUT2D eigenvalue weighted by molar-refractivity contribution is -0.132. The number of allylic oxidation sites excluding steroid dienone is 2. The van der Waals surface area contributed by atoms with E-state index in [1.807, 2.05) is 4.90 Å². The Labute approximate surface area is 173 Å². The molecule has 1 aliphatic heterocycles. The van der Waals surface area contributed by atoms with Gasteiger partial charge in [0.2, 0.25) is 5.91 Å². The second kappa shape index (κ2) is 7.59. The summed E-state index contributed by atoms with van der Waals surface area (Å²) in [7, 11) is 0. The molecule has 1 amide bonds. The first-order valence-corrected chi connectivity index (χ1v) is 11.7. The summed E-state index contributed by atoms with van der Waals surface area (Å²) in [6.45, 7) is 1.20. The standard InChI is InChI=1S/C22H27N3O3S/c26-18(12-14-6-4-5-7-14)24-11-10-16-17(13-24)29-20-19(16)21(27)25(22(28)23-20)15-8-2-1-3-9-15/h4,6,14-15H,1-3,5,7-13H2,(H,23,28). The number of nitrogens with one attached hydrogen (secondary N) is 1. The highest BCUT2D eigenvalue weighted by molar-refractivity contribution is 7.18. The van der Waals surface area contributed by atoms with Crippen LogP contribution >= 0.6 is 11.3 Å². The molecule has 3 aliphatic rings. The molecule has 154 valence electrons. The van der Waals surface area contributed by atoms with Crippen molar-refractivity contribution in [2.75, 3.05) is 6.54 Å². The van der Waals surface area contributed by atoms with Crippen LogP contribution in [0.25, 0.3) is 10.2 Å². The first-order valence-electron chi connectivity index (χ1n) is 10.9. The topological polar surface area (TPSA) is 75.2 Å². The van der Waals surface area contributed by atoms with Crippen molar-refractivity contribution in [3.8, 4) is 0 Å². The lowest BCUT2D eigenvalue weighted by Crippen LogP contribution is -2.39. The fourth-order valence-corrected chi connectivity index (χ4v) is 6.44. The Morgan fingerprint density at radius 2 is 2.00 bits per heavy atom. The number of hydrogen-bond donors (Lipinski definition) is 1. The first kappa shape index (κ1) is 18.9. The van der Waals surface area contributed by atoms with Gasteiger partial charge in [0.15, 0.2) is 0 Å². The summed E-state index contributed by atoms with van der Waals surface area (Å²) < 4.78 is 1.47. The van der Waals surface area contributed by atoms with Crippen LogP contribution in [0.4, 0.5) is 0 Å². The molecule has 2 aliphatic carbocycles. The second-order valence-electron chi connectivity index (χ2n) is 8.64. The molecule has 5 rings (SSSR count). The molecular formula is C22H27N3O3S. The van der Waals surface area contributed by atoms with E-state index in [1.165, 1.54) is 22.3 Å². The predicted molar refractivity (Wildman–Crippen MR) is 114 cm³/mol. The quantitative estimate of drug-likeness (QED) is 0.783. The molecule has 3 heterocycles. The minimum absolute atomic E-state index is 0.0149. The van der Waals surface area contributed by atoms with E-state index >= 15 is 0 Å². The van der Waals surface area contributed by atoms with E-state index in [1.54, 1.807) is 0 Å². The van der Waals surface area contributed by atoms with E-state index in [-0.39, 0.29) is 23.2 Å².